The number of nitrogens with one attached hydrogen (secondary N) is 1. The molecule has 0 saturated carbocycles. The molecule has 2 aliphatic heterocycles. The molecule has 6 rings (SSSR count). The van der Waals surface area contributed by atoms with Gasteiger partial charge in [-0.1, -0.05) is 81.9 Å². The van der Waals surface area contributed by atoms with Crippen molar-refractivity contribution in [3.05, 3.63) is 119 Å². The first-order valence-electron chi connectivity index (χ1n) is 25.1. The summed E-state index contributed by atoms with van der Waals surface area (Å²) in [7, 11) is 6.40. The van der Waals surface area contributed by atoms with E-state index in [9.17, 15) is 19.2 Å². The summed E-state index contributed by atoms with van der Waals surface area (Å²) in [4.78, 5) is 54.9. The zero-order valence-electron chi connectivity index (χ0n) is 44.0. The van der Waals surface area contributed by atoms with Crippen molar-refractivity contribution in [2.75, 3.05) is 81.0 Å². The van der Waals surface area contributed by atoms with Gasteiger partial charge in [-0.15, -0.1) is 0 Å². The smallest absolute Gasteiger partial charge is 0.410 e. The van der Waals surface area contributed by atoms with Crippen LogP contribution < -0.4 is 24.3 Å². The van der Waals surface area contributed by atoms with Gasteiger partial charge in [-0.25, -0.2) is 9.59 Å². The topological polar surface area (TPSA) is 164 Å². The fourth-order valence-electron chi connectivity index (χ4n) is 8.30. The third-order valence-corrected chi connectivity index (χ3v) is 12.0. The lowest BCUT2D eigenvalue weighted by atomic mass is 10.0. The normalized spacial score (nSPS) is 15.0. The summed E-state index contributed by atoms with van der Waals surface area (Å²) in [5.41, 5.74) is 2.87. The lowest BCUT2D eigenvalue weighted by Crippen LogP contribution is -2.54. The van der Waals surface area contributed by atoms with Gasteiger partial charge in [-0.2, -0.15) is 0 Å². The molecule has 408 valence electrons. The Morgan fingerprint density at radius 3 is 1.55 bits per heavy atom. The quantitative estimate of drug-likeness (QED) is 0.0585. The number of benzene rings is 4. The van der Waals surface area contributed by atoms with Crippen LogP contribution in [0.4, 0.5) is 9.59 Å². The average molecular weight is 1050 g/mol. The summed E-state index contributed by atoms with van der Waals surface area (Å²) in [6.45, 7) is 13.6. The summed E-state index contributed by atoms with van der Waals surface area (Å²) >= 11 is 5.40. The lowest BCUT2D eigenvalue weighted by molar-refractivity contribution is 0.0384. The number of hydrogen-bond donors (Lipinski definition) is 1. The molecule has 74 heavy (non-hydrogen) atoms. The molecule has 0 radical (unpaired) electrons. The molecule has 0 bridgehead atoms. The molecule has 3 amide bonds. The number of nitrogens with zero attached hydrogens (tertiary/aromatic N) is 3. The van der Waals surface area contributed by atoms with Gasteiger partial charge in [0, 0.05) is 95.7 Å². The molecule has 2 saturated heterocycles. The maximum Gasteiger partial charge on any atom is 0.410 e. The summed E-state index contributed by atoms with van der Waals surface area (Å²) < 4.78 is 42.8. The van der Waals surface area contributed by atoms with Crippen molar-refractivity contribution in [1.29, 1.82) is 0 Å². The fraction of sp³-hybridized carbons (Fsp3) is 0.509. The molecule has 2 fully saturated rings. The molecule has 2 aliphatic rings. The Labute approximate surface area is 444 Å². The highest BCUT2D eigenvalue weighted by atomic mass is 35.5. The lowest BCUT2D eigenvalue weighted by Gasteiger charge is -2.41. The summed E-state index contributed by atoms with van der Waals surface area (Å²) in [5, 5.41) is 2.97. The number of carbonyl (C=O) groups is 4. The van der Waals surface area contributed by atoms with Gasteiger partial charge >= 0.3 is 12.2 Å². The predicted molar refractivity (Wildman–Crippen MR) is 289 cm³/mol. The molecule has 16 nitrogen and oxygen atoms in total. The van der Waals surface area contributed by atoms with Gasteiger partial charge in [0.15, 0.2) is 23.0 Å². The minimum atomic E-state index is -0.519. The average Bonchev–Trinajstić information content (AvgIpc) is 3.40. The highest BCUT2D eigenvalue weighted by molar-refractivity contribution is 6.67. The van der Waals surface area contributed by atoms with Crippen molar-refractivity contribution >= 4 is 34.9 Å². The zero-order valence-corrected chi connectivity index (χ0v) is 44.7. The molecule has 2 heterocycles. The van der Waals surface area contributed by atoms with Crippen LogP contribution in [0.2, 0.25) is 0 Å². The number of halogens is 1. The van der Waals surface area contributed by atoms with E-state index >= 15 is 0 Å². The standard InChI is InChI=1S/C28H38N2O6.C16H24N2O2.C12H15ClO4.CH4/c1-21(2)30(27(31)23-13-14-25(34-4)26(18-23)35-17-9-16-33-3)24-12-8-15-29(19-24)28(32)36-20-22-10-6-5-7-11-22;1-13(2)17-15-9-6-10-18(11-15)16(19)20-12-14-7-4-3-5-8-14;1-15-6-3-7-17-11-8-9(12(13)14)4-5-10(11)16-2;/h5-7,10-11,13-14,18,21,24H,8-9,12,15-17,19-20H2,1-4H3;3-5,7-8,13,15,17H,6,9-12H2,1-2H3;4-5,8H,3,6-7H2,1-2H3;1H4/t24-;15-;;/m11../s1. The Hall–Kier alpha value is -6.07. The Balaban J connectivity index is 0.000000321. The second-order valence-electron chi connectivity index (χ2n) is 18.1. The van der Waals surface area contributed by atoms with Gasteiger partial charge in [-0.3, -0.25) is 9.59 Å². The van der Waals surface area contributed by atoms with E-state index in [0.29, 0.717) is 92.3 Å². The van der Waals surface area contributed by atoms with Crippen molar-refractivity contribution in [3.63, 3.8) is 0 Å². The maximum absolute atomic E-state index is 13.7. The molecule has 0 spiro atoms. The fourth-order valence-corrected chi connectivity index (χ4v) is 8.41. The van der Waals surface area contributed by atoms with Crippen molar-refractivity contribution in [3.8, 4) is 23.0 Å². The Bertz CT molecular complexity index is 2250. The van der Waals surface area contributed by atoms with E-state index in [2.05, 4.69) is 19.2 Å². The number of carbonyl (C=O) groups excluding carboxylic acids is 4. The monoisotopic (exact) mass is 1050 g/mol. The first-order chi connectivity index (χ1) is 35.3. The van der Waals surface area contributed by atoms with E-state index in [1.165, 1.54) is 0 Å². The summed E-state index contributed by atoms with van der Waals surface area (Å²) in [5.74, 6) is 2.08. The van der Waals surface area contributed by atoms with Gasteiger partial charge in [0.05, 0.1) is 33.5 Å². The molecule has 4 aromatic rings. The Kier molecular flexibility index (Phi) is 28.9. The number of piperidine rings is 2. The molecular formula is C57H81ClN4O12. The van der Waals surface area contributed by atoms with Gasteiger partial charge in [-0.05, 0) is 98.7 Å². The van der Waals surface area contributed by atoms with Crippen LogP contribution in [0.15, 0.2) is 97.1 Å². The van der Waals surface area contributed by atoms with Crippen molar-refractivity contribution in [2.45, 2.75) is 111 Å². The molecule has 17 heteroatoms. The number of rotatable bonds is 22. The van der Waals surface area contributed by atoms with E-state index in [1.54, 1.807) is 69.7 Å². The largest absolute Gasteiger partial charge is 0.493 e. The van der Waals surface area contributed by atoms with Crippen LogP contribution in [0.3, 0.4) is 0 Å². The van der Waals surface area contributed by atoms with Crippen LogP contribution >= 0.6 is 11.6 Å². The first-order valence-corrected chi connectivity index (χ1v) is 25.4. The third kappa shape index (κ3) is 21.4. The number of ether oxygens (including phenoxy) is 8. The Morgan fingerprint density at radius 1 is 0.622 bits per heavy atom. The van der Waals surface area contributed by atoms with Gasteiger partial charge < -0.3 is 57.9 Å². The highest BCUT2D eigenvalue weighted by Gasteiger charge is 2.34. The molecule has 0 unspecified atom stereocenters. The molecular weight excluding hydrogens is 968 g/mol. The van der Waals surface area contributed by atoms with Crippen LogP contribution in [-0.4, -0.2) is 143 Å². The number of methoxy groups -OCH3 is 4. The number of hydrogen-bond acceptors (Lipinski definition) is 13. The second kappa shape index (κ2) is 34.4. The molecule has 2 atom stereocenters. The van der Waals surface area contributed by atoms with Crippen LogP contribution in [0.1, 0.15) is 105 Å². The molecule has 0 aliphatic carbocycles. The van der Waals surface area contributed by atoms with E-state index in [0.717, 1.165) is 62.7 Å². The maximum atomic E-state index is 13.7. The highest BCUT2D eigenvalue weighted by Crippen LogP contribution is 2.31. The molecule has 0 aromatic heterocycles. The van der Waals surface area contributed by atoms with E-state index in [-0.39, 0.29) is 44.2 Å². The zero-order chi connectivity index (χ0) is 53.0. The second-order valence-corrected chi connectivity index (χ2v) is 18.5. The van der Waals surface area contributed by atoms with E-state index in [4.69, 9.17) is 49.5 Å². The van der Waals surface area contributed by atoms with Crippen molar-refractivity contribution in [2.24, 2.45) is 0 Å². The van der Waals surface area contributed by atoms with E-state index in [1.807, 2.05) is 84.3 Å². The minimum Gasteiger partial charge on any atom is -0.493 e. The van der Waals surface area contributed by atoms with Crippen molar-refractivity contribution < 1.29 is 57.1 Å². The van der Waals surface area contributed by atoms with Gasteiger partial charge in [0.2, 0.25) is 0 Å². The third-order valence-electron chi connectivity index (χ3n) is 11.8. The van der Waals surface area contributed by atoms with Crippen LogP contribution in [-0.2, 0) is 32.2 Å². The SMILES string of the molecule is C.CC(C)N[C@@H]1CCCN(C(=O)OCc2ccccc2)C1.COCCCOc1cc(C(=O)Cl)ccc1OC.COCCCOc1cc(C(=O)N(C(C)C)[C@@H]2CCCN(C(=O)OCc3ccccc3)C2)ccc1OC. The molecule has 1 N–H and O–H groups in total. The predicted octanol–water partition coefficient (Wildman–Crippen LogP) is 10.7. The number of amides is 3. The van der Waals surface area contributed by atoms with E-state index < -0.39 is 5.24 Å². The van der Waals surface area contributed by atoms with Crippen molar-refractivity contribution in [1.82, 2.24) is 20.0 Å². The first kappa shape index (κ1) is 62.2. The van der Waals surface area contributed by atoms with Crippen LogP contribution in [0, 0.1) is 0 Å². The number of likely N-dealkylation sites (tertiary alicyclic amines) is 2. The van der Waals surface area contributed by atoms with Gasteiger partial charge in [0.1, 0.15) is 13.2 Å². The summed E-state index contributed by atoms with van der Waals surface area (Å²) in [6, 6.07) is 30.1. The van der Waals surface area contributed by atoms with Crippen LogP contribution in [0.5, 0.6) is 23.0 Å². The van der Waals surface area contributed by atoms with Crippen LogP contribution in [0.25, 0.3) is 0 Å². The summed E-state index contributed by atoms with van der Waals surface area (Å²) in [6.07, 6.45) is 4.72. The Morgan fingerprint density at radius 2 is 1.09 bits per heavy atom. The minimum absolute atomic E-state index is 0. The molecule has 4 aromatic carbocycles. The van der Waals surface area contributed by atoms with Gasteiger partial charge in [0.25, 0.3) is 11.1 Å².